The number of nitrogens with one attached hydrogen (secondary N) is 2. The average Bonchev–Trinajstić information content (AvgIpc) is 3.52. The molecule has 1 saturated heterocycles. The first-order valence-electron chi connectivity index (χ1n) is 11.4. The molecule has 7 rings (SSSR count). The molecular weight excluding hydrogens is 444 g/mol. The normalized spacial score (nSPS) is 17.9. The number of hydrogen-bond acceptors (Lipinski definition) is 7. The molecule has 0 aliphatic carbocycles. The van der Waals surface area contributed by atoms with Crippen LogP contribution in [0, 0.1) is 0 Å². The van der Waals surface area contributed by atoms with Gasteiger partial charge in [-0.1, -0.05) is 12.1 Å². The Hall–Kier alpha value is -4.44. The summed E-state index contributed by atoms with van der Waals surface area (Å²) in [5.74, 6) is 1.41. The van der Waals surface area contributed by atoms with Crippen molar-refractivity contribution in [2.24, 2.45) is 0 Å². The van der Waals surface area contributed by atoms with E-state index >= 15 is 0 Å². The van der Waals surface area contributed by atoms with Gasteiger partial charge in [0.2, 0.25) is 5.91 Å². The van der Waals surface area contributed by atoms with Gasteiger partial charge in [-0.05, 0) is 25.2 Å². The van der Waals surface area contributed by atoms with Gasteiger partial charge in [0.15, 0.2) is 11.5 Å². The van der Waals surface area contributed by atoms with Crippen molar-refractivity contribution in [1.82, 2.24) is 29.5 Å². The van der Waals surface area contributed by atoms with E-state index in [1.54, 1.807) is 12.4 Å². The third kappa shape index (κ3) is 3.29. The summed E-state index contributed by atoms with van der Waals surface area (Å²) >= 11 is 0. The van der Waals surface area contributed by atoms with Gasteiger partial charge in [-0.2, -0.15) is 5.10 Å². The first kappa shape index (κ1) is 20.0. The third-order valence-corrected chi connectivity index (χ3v) is 6.59. The zero-order chi connectivity index (χ0) is 23.5. The SMILES string of the molecule is CN1CC(=O)N2c3ccc(Nc4nc(-c5ccc6cn[nH]c6c5)cn5ccnc45)cc3OCC2C1. The van der Waals surface area contributed by atoms with E-state index in [4.69, 9.17) is 9.72 Å². The molecule has 2 N–H and O–H groups in total. The molecule has 1 amide bonds. The van der Waals surface area contributed by atoms with Gasteiger partial charge in [-0.25, -0.2) is 9.97 Å². The number of piperazine rings is 1. The van der Waals surface area contributed by atoms with Gasteiger partial charge in [-0.15, -0.1) is 0 Å². The fourth-order valence-electron chi connectivity index (χ4n) is 4.96. The smallest absolute Gasteiger partial charge is 0.241 e. The second-order valence-corrected chi connectivity index (χ2v) is 9.04. The summed E-state index contributed by atoms with van der Waals surface area (Å²) in [5.41, 5.74) is 5.05. The van der Waals surface area contributed by atoms with Crippen LogP contribution in [-0.4, -0.2) is 68.2 Å². The van der Waals surface area contributed by atoms with Crippen LogP contribution in [0.5, 0.6) is 5.75 Å². The van der Waals surface area contributed by atoms with Crippen molar-refractivity contribution in [3.63, 3.8) is 0 Å². The number of likely N-dealkylation sites (N-methyl/N-ethyl adjacent to an activating group) is 1. The number of anilines is 3. The lowest BCUT2D eigenvalue weighted by Crippen LogP contribution is -2.59. The van der Waals surface area contributed by atoms with Crippen LogP contribution in [0.2, 0.25) is 0 Å². The molecule has 0 spiro atoms. The fourth-order valence-corrected chi connectivity index (χ4v) is 4.96. The molecule has 2 aliphatic heterocycles. The van der Waals surface area contributed by atoms with Gasteiger partial charge in [-0.3, -0.25) is 14.8 Å². The number of carbonyl (C=O) groups excluding carboxylic acids is 1. The highest BCUT2D eigenvalue weighted by molar-refractivity contribution is 5.98. The molecule has 1 fully saturated rings. The molecule has 10 heteroatoms. The molecule has 1 atom stereocenters. The van der Waals surface area contributed by atoms with Crippen molar-refractivity contribution in [3.05, 3.63) is 61.2 Å². The minimum atomic E-state index is 0.0302. The highest BCUT2D eigenvalue weighted by Gasteiger charge is 2.37. The highest BCUT2D eigenvalue weighted by atomic mass is 16.5. The first-order valence-corrected chi connectivity index (χ1v) is 11.4. The van der Waals surface area contributed by atoms with E-state index in [2.05, 4.69) is 20.5 Å². The maximum Gasteiger partial charge on any atom is 0.241 e. The molecule has 5 aromatic rings. The maximum atomic E-state index is 12.7. The predicted molar refractivity (Wildman–Crippen MR) is 132 cm³/mol. The standard InChI is InChI=1S/C25H22N8O2/c1-31-11-18-14-35-22-9-17(4-5-21(22)33(18)23(34)13-31)28-24-25-26-6-7-32(25)12-20(29-24)15-2-3-16-10-27-30-19(16)8-15/h2-10,12,18H,11,13-14H2,1H3,(H,27,30)(H,28,29). The van der Waals surface area contributed by atoms with Crippen LogP contribution in [-0.2, 0) is 4.79 Å². The molecule has 0 radical (unpaired) electrons. The number of aromatic nitrogens is 5. The number of benzene rings is 2. The molecule has 1 unspecified atom stereocenters. The lowest BCUT2D eigenvalue weighted by Gasteiger charge is -2.43. The van der Waals surface area contributed by atoms with Gasteiger partial charge in [0.1, 0.15) is 12.4 Å². The Labute approximate surface area is 200 Å². The number of aromatic amines is 1. The van der Waals surface area contributed by atoms with Crippen LogP contribution in [0.25, 0.3) is 27.8 Å². The lowest BCUT2D eigenvalue weighted by atomic mass is 10.1. The van der Waals surface area contributed by atoms with E-state index in [1.807, 2.05) is 70.0 Å². The average molecular weight is 467 g/mol. The predicted octanol–water partition coefficient (Wildman–Crippen LogP) is 3.06. The number of H-pyrrole nitrogens is 1. The summed E-state index contributed by atoms with van der Waals surface area (Å²) in [6, 6.07) is 11.9. The monoisotopic (exact) mass is 466 g/mol. The van der Waals surface area contributed by atoms with Crippen molar-refractivity contribution in [3.8, 4) is 17.0 Å². The van der Waals surface area contributed by atoms with Crippen LogP contribution >= 0.6 is 0 Å². The van der Waals surface area contributed by atoms with E-state index < -0.39 is 0 Å². The summed E-state index contributed by atoms with van der Waals surface area (Å²) in [4.78, 5) is 26.0. The van der Waals surface area contributed by atoms with Crippen molar-refractivity contribution < 1.29 is 9.53 Å². The number of rotatable bonds is 3. The van der Waals surface area contributed by atoms with E-state index in [0.29, 0.717) is 30.4 Å². The molecule has 174 valence electrons. The van der Waals surface area contributed by atoms with Crippen molar-refractivity contribution in [2.45, 2.75) is 6.04 Å². The van der Waals surface area contributed by atoms with Crippen LogP contribution in [0.4, 0.5) is 17.2 Å². The molecule has 5 heterocycles. The minimum Gasteiger partial charge on any atom is -0.489 e. The summed E-state index contributed by atoms with van der Waals surface area (Å²) < 4.78 is 8.00. The molecule has 2 aromatic carbocycles. The number of imidazole rings is 1. The van der Waals surface area contributed by atoms with Gasteiger partial charge < -0.3 is 19.4 Å². The summed E-state index contributed by atoms with van der Waals surface area (Å²) in [5, 5.41) is 11.6. The number of carbonyl (C=O) groups is 1. The van der Waals surface area contributed by atoms with Gasteiger partial charge in [0, 0.05) is 47.8 Å². The number of fused-ring (bicyclic) bond motifs is 5. The quantitative estimate of drug-likeness (QED) is 0.421. The fraction of sp³-hybridized carbons (Fsp3) is 0.200. The summed E-state index contributed by atoms with van der Waals surface area (Å²) in [7, 11) is 1.96. The Balaban J connectivity index is 1.25. The second kappa shape index (κ2) is 7.54. The Morgan fingerprint density at radius 2 is 2.14 bits per heavy atom. The molecule has 35 heavy (non-hydrogen) atoms. The number of hydrogen-bond donors (Lipinski definition) is 2. The number of ether oxygens (including phenoxy) is 1. The lowest BCUT2D eigenvalue weighted by molar-refractivity contribution is -0.122. The van der Waals surface area contributed by atoms with Crippen LogP contribution in [0.15, 0.2) is 61.2 Å². The Morgan fingerprint density at radius 3 is 3.09 bits per heavy atom. The van der Waals surface area contributed by atoms with Gasteiger partial charge in [0.05, 0.1) is 35.7 Å². The van der Waals surface area contributed by atoms with E-state index in [0.717, 1.165) is 40.1 Å². The Kier molecular flexibility index (Phi) is 4.30. The van der Waals surface area contributed by atoms with Crippen molar-refractivity contribution in [1.29, 1.82) is 0 Å². The minimum absolute atomic E-state index is 0.0302. The molecule has 2 aliphatic rings. The molecule has 3 aromatic heterocycles. The first-order chi connectivity index (χ1) is 17.1. The maximum absolute atomic E-state index is 12.7. The van der Waals surface area contributed by atoms with Gasteiger partial charge in [0.25, 0.3) is 0 Å². The van der Waals surface area contributed by atoms with Crippen molar-refractivity contribution in [2.75, 3.05) is 37.0 Å². The molecule has 0 bridgehead atoms. The van der Waals surface area contributed by atoms with Crippen LogP contribution in [0.3, 0.4) is 0 Å². The summed E-state index contributed by atoms with van der Waals surface area (Å²) in [6.45, 7) is 1.68. The van der Waals surface area contributed by atoms with E-state index in [1.165, 1.54) is 0 Å². The Bertz CT molecular complexity index is 1610. The summed E-state index contributed by atoms with van der Waals surface area (Å²) in [6.07, 6.45) is 7.41. The zero-order valence-electron chi connectivity index (χ0n) is 19.0. The van der Waals surface area contributed by atoms with Crippen molar-refractivity contribution >= 4 is 39.6 Å². The van der Waals surface area contributed by atoms with Crippen LogP contribution < -0.4 is 15.0 Å². The van der Waals surface area contributed by atoms with Gasteiger partial charge >= 0.3 is 0 Å². The second-order valence-electron chi connectivity index (χ2n) is 9.04. The van der Waals surface area contributed by atoms with Crippen LogP contribution in [0.1, 0.15) is 0 Å². The number of amides is 1. The zero-order valence-corrected chi connectivity index (χ0v) is 19.0. The van der Waals surface area contributed by atoms with E-state index in [-0.39, 0.29) is 11.9 Å². The molecule has 10 nitrogen and oxygen atoms in total. The molecular formula is C25H22N8O2. The molecule has 0 saturated carbocycles. The largest absolute Gasteiger partial charge is 0.489 e. The van der Waals surface area contributed by atoms with E-state index in [9.17, 15) is 4.79 Å². The topological polar surface area (TPSA) is 104 Å². The third-order valence-electron chi connectivity index (χ3n) is 6.59. The highest BCUT2D eigenvalue weighted by Crippen LogP contribution is 2.38. The number of nitrogens with zero attached hydrogens (tertiary/aromatic N) is 6. The Morgan fingerprint density at radius 1 is 1.20 bits per heavy atom.